The Kier molecular flexibility index (Phi) is 8.21. The zero-order valence-electron chi connectivity index (χ0n) is 21.3. The fourth-order valence-corrected chi connectivity index (χ4v) is 3.56. The zero-order chi connectivity index (χ0) is 23.3. The van der Waals surface area contributed by atoms with E-state index in [1.807, 2.05) is 0 Å². The van der Waals surface area contributed by atoms with Crippen LogP contribution in [0.2, 0.25) is 0 Å². The molecule has 172 valence electrons. The van der Waals surface area contributed by atoms with Gasteiger partial charge in [0.1, 0.15) is 24.7 Å². The summed E-state index contributed by atoms with van der Waals surface area (Å²) in [6, 6.07) is 17.0. The number of rotatable bonds is 9. The molecule has 0 aliphatic rings. The van der Waals surface area contributed by atoms with Gasteiger partial charge in [0, 0.05) is 0 Å². The third kappa shape index (κ3) is 7.57. The summed E-state index contributed by atoms with van der Waals surface area (Å²) in [5.74, 6) is 1.80. The van der Waals surface area contributed by atoms with Crippen LogP contribution >= 0.6 is 0 Å². The highest BCUT2D eigenvalue weighted by Gasteiger charge is 2.26. The summed E-state index contributed by atoms with van der Waals surface area (Å²) in [6.45, 7) is 21.4. The second-order valence-electron chi connectivity index (χ2n) is 11.0. The van der Waals surface area contributed by atoms with Crippen molar-refractivity contribution in [1.82, 2.24) is 0 Å². The highest BCUT2D eigenvalue weighted by molar-refractivity contribution is 5.32. The first-order chi connectivity index (χ1) is 14.4. The summed E-state index contributed by atoms with van der Waals surface area (Å²) in [5.41, 5.74) is 2.91. The number of ether oxygens (including phenoxy) is 2. The van der Waals surface area contributed by atoms with E-state index in [4.69, 9.17) is 9.47 Å². The van der Waals surface area contributed by atoms with Crippen LogP contribution in [0.25, 0.3) is 0 Å². The van der Waals surface area contributed by atoms with E-state index < -0.39 is 0 Å². The normalized spacial score (nSPS) is 13.7. The molecule has 2 rings (SSSR count). The van der Waals surface area contributed by atoms with E-state index in [1.54, 1.807) is 0 Å². The van der Waals surface area contributed by atoms with Crippen molar-refractivity contribution in [3.63, 3.8) is 0 Å². The first-order valence-corrected chi connectivity index (χ1v) is 11.7. The lowest BCUT2D eigenvalue weighted by molar-refractivity contribution is -0.908. The molecule has 0 aromatic heterocycles. The van der Waals surface area contributed by atoms with Gasteiger partial charge in [-0.05, 0) is 60.1 Å². The van der Waals surface area contributed by atoms with Gasteiger partial charge in [-0.25, -0.2) is 0 Å². The van der Waals surface area contributed by atoms with Crippen LogP contribution in [0.5, 0.6) is 11.5 Å². The molecule has 31 heavy (non-hydrogen) atoms. The van der Waals surface area contributed by atoms with Crippen LogP contribution in [0.15, 0.2) is 48.5 Å². The molecule has 1 atom stereocenters. The summed E-state index contributed by atoms with van der Waals surface area (Å²) in [6.07, 6.45) is -0.0207. The van der Waals surface area contributed by atoms with Gasteiger partial charge in [-0.1, -0.05) is 65.8 Å². The lowest BCUT2D eigenvalue weighted by Gasteiger charge is -2.35. The molecule has 0 saturated carbocycles. The summed E-state index contributed by atoms with van der Waals surface area (Å²) in [4.78, 5) is 0. The van der Waals surface area contributed by atoms with E-state index >= 15 is 0 Å². The Morgan fingerprint density at radius 2 is 1.13 bits per heavy atom. The third-order valence-electron chi connectivity index (χ3n) is 6.35. The van der Waals surface area contributed by atoms with Crippen molar-refractivity contribution >= 4 is 0 Å². The molecule has 0 aliphatic carbocycles. The minimum atomic E-state index is -0.0207. The van der Waals surface area contributed by atoms with Crippen LogP contribution in [0.3, 0.4) is 0 Å². The van der Waals surface area contributed by atoms with Crippen molar-refractivity contribution in [2.24, 2.45) is 0 Å². The maximum Gasteiger partial charge on any atom is 0.181 e. The Labute approximate surface area is 191 Å². The Hall–Kier alpha value is -2.00. The average Bonchev–Trinajstić information content (AvgIpc) is 2.71. The monoisotopic (exact) mass is 426 g/mol. The van der Waals surface area contributed by atoms with Crippen LogP contribution in [0.1, 0.15) is 66.5 Å². The molecular weight excluding hydrogens is 382 g/mol. The van der Waals surface area contributed by atoms with Crippen molar-refractivity contribution in [2.45, 2.75) is 72.3 Å². The Morgan fingerprint density at radius 3 is 1.52 bits per heavy atom. The van der Waals surface area contributed by atoms with Crippen LogP contribution in [-0.4, -0.2) is 43.9 Å². The molecule has 2 aromatic carbocycles. The predicted molar refractivity (Wildman–Crippen MR) is 132 cm³/mol. The van der Waals surface area contributed by atoms with Crippen LogP contribution in [0, 0.1) is 0 Å². The summed E-state index contributed by atoms with van der Waals surface area (Å²) in [7, 11) is 2.29. The highest BCUT2D eigenvalue weighted by atomic mass is 16.5. The van der Waals surface area contributed by atoms with Gasteiger partial charge in [0.15, 0.2) is 6.10 Å². The lowest BCUT2D eigenvalue weighted by atomic mass is 9.87. The molecule has 1 unspecified atom stereocenters. The van der Waals surface area contributed by atoms with E-state index in [0.717, 1.165) is 35.6 Å². The number of hydrogen-bond donors (Lipinski definition) is 0. The lowest BCUT2D eigenvalue weighted by Crippen LogP contribution is -2.51. The second-order valence-corrected chi connectivity index (χ2v) is 11.0. The van der Waals surface area contributed by atoms with Gasteiger partial charge in [0.25, 0.3) is 0 Å². The Morgan fingerprint density at radius 1 is 0.710 bits per heavy atom. The molecule has 0 aliphatic heterocycles. The molecule has 0 fully saturated rings. The SMILES string of the molecule is CC[N+](C)(CC)CC(COc1ccc(C(C)(C)C)cc1)Oc1ccc(C(C)(C)C)cc1. The minimum absolute atomic E-state index is 0.0207. The predicted octanol–water partition coefficient (Wildman–Crippen LogP) is 6.59. The van der Waals surface area contributed by atoms with Crippen LogP contribution < -0.4 is 9.47 Å². The van der Waals surface area contributed by atoms with Gasteiger partial charge >= 0.3 is 0 Å². The van der Waals surface area contributed by atoms with Crippen molar-refractivity contribution in [3.05, 3.63) is 59.7 Å². The maximum atomic E-state index is 6.44. The van der Waals surface area contributed by atoms with E-state index in [2.05, 4.69) is 111 Å². The Balaban J connectivity index is 2.13. The fourth-order valence-electron chi connectivity index (χ4n) is 3.56. The van der Waals surface area contributed by atoms with Crippen LogP contribution in [-0.2, 0) is 10.8 Å². The molecular formula is C28H44NO2+. The number of likely N-dealkylation sites (N-methyl/N-ethyl adjacent to an activating group) is 1. The molecule has 0 heterocycles. The molecule has 0 spiro atoms. The molecule has 0 radical (unpaired) electrons. The quantitative estimate of drug-likeness (QED) is 0.421. The van der Waals surface area contributed by atoms with Gasteiger partial charge in [0.05, 0.1) is 20.1 Å². The van der Waals surface area contributed by atoms with E-state index in [-0.39, 0.29) is 16.9 Å². The largest absolute Gasteiger partial charge is 0.489 e. The summed E-state index contributed by atoms with van der Waals surface area (Å²) >= 11 is 0. The molecule has 0 saturated heterocycles. The summed E-state index contributed by atoms with van der Waals surface area (Å²) < 4.78 is 13.6. The van der Waals surface area contributed by atoms with Crippen molar-refractivity contribution in [3.8, 4) is 11.5 Å². The molecule has 2 aromatic rings. The molecule has 0 bridgehead atoms. The van der Waals surface area contributed by atoms with Gasteiger partial charge < -0.3 is 14.0 Å². The topological polar surface area (TPSA) is 18.5 Å². The van der Waals surface area contributed by atoms with Crippen molar-refractivity contribution in [1.29, 1.82) is 0 Å². The van der Waals surface area contributed by atoms with Crippen molar-refractivity contribution < 1.29 is 14.0 Å². The van der Waals surface area contributed by atoms with E-state index in [0.29, 0.717) is 6.61 Å². The van der Waals surface area contributed by atoms with E-state index in [9.17, 15) is 0 Å². The summed E-state index contributed by atoms with van der Waals surface area (Å²) in [5, 5.41) is 0. The first kappa shape index (κ1) is 25.3. The zero-order valence-corrected chi connectivity index (χ0v) is 21.3. The molecule has 3 nitrogen and oxygen atoms in total. The number of nitrogens with zero attached hydrogens (tertiary/aromatic N) is 1. The number of hydrogen-bond acceptors (Lipinski definition) is 2. The standard InChI is InChI=1S/C28H44NO2/c1-10-29(9,11-2)20-26(31-25-18-14-23(15-19-25)28(6,7)8)21-30-24-16-12-22(13-17-24)27(3,4)5/h12-19,26H,10-11,20-21H2,1-9H3/q+1. The van der Waals surface area contributed by atoms with Gasteiger partial charge in [0.2, 0.25) is 0 Å². The number of benzene rings is 2. The Bertz CT molecular complexity index is 791. The maximum absolute atomic E-state index is 6.44. The second kappa shape index (κ2) is 10.1. The van der Waals surface area contributed by atoms with Crippen LogP contribution in [0.4, 0.5) is 0 Å². The molecule has 0 amide bonds. The average molecular weight is 427 g/mol. The van der Waals surface area contributed by atoms with Gasteiger partial charge in [-0.2, -0.15) is 0 Å². The highest BCUT2D eigenvalue weighted by Crippen LogP contribution is 2.26. The molecule has 3 heteroatoms. The van der Waals surface area contributed by atoms with E-state index in [1.165, 1.54) is 11.1 Å². The van der Waals surface area contributed by atoms with Gasteiger partial charge in [-0.15, -0.1) is 0 Å². The van der Waals surface area contributed by atoms with Gasteiger partial charge in [-0.3, -0.25) is 0 Å². The number of quaternary nitrogens is 1. The minimum Gasteiger partial charge on any atom is -0.489 e. The first-order valence-electron chi connectivity index (χ1n) is 11.7. The fraction of sp³-hybridized carbons (Fsp3) is 0.571. The van der Waals surface area contributed by atoms with Crippen molar-refractivity contribution in [2.75, 3.05) is 33.3 Å². The molecule has 0 N–H and O–H groups in total. The third-order valence-corrected chi connectivity index (χ3v) is 6.35. The smallest absolute Gasteiger partial charge is 0.181 e.